The van der Waals surface area contributed by atoms with Gasteiger partial charge in [0.05, 0.1) is 11.5 Å². The molecule has 0 bridgehead atoms. The van der Waals surface area contributed by atoms with E-state index in [1.165, 1.54) is 30.0 Å². The molecule has 202 valence electrons. The molecule has 0 radical (unpaired) electrons. The van der Waals surface area contributed by atoms with E-state index in [2.05, 4.69) is 11.1 Å². The van der Waals surface area contributed by atoms with E-state index in [4.69, 9.17) is 16.3 Å². The van der Waals surface area contributed by atoms with Crippen LogP contribution >= 0.6 is 23.4 Å². The Balaban J connectivity index is 1.56. The zero-order valence-corrected chi connectivity index (χ0v) is 22.5. The molecule has 0 amide bonds. The second-order valence-corrected chi connectivity index (χ2v) is 11.4. The lowest BCUT2D eigenvalue weighted by Crippen LogP contribution is -2.38. The van der Waals surface area contributed by atoms with Gasteiger partial charge in [-0.15, -0.1) is 11.6 Å². The van der Waals surface area contributed by atoms with Crippen molar-refractivity contribution in [3.05, 3.63) is 89.8 Å². The Morgan fingerprint density at radius 1 is 1.15 bits per heavy atom. The molecule has 1 aliphatic carbocycles. The Hall–Kier alpha value is -3.06. The summed E-state index contributed by atoms with van der Waals surface area (Å²) in [5.41, 5.74) is 1.02. The third-order valence-electron chi connectivity index (χ3n) is 7.24. The normalized spacial score (nSPS) is 20.9. The van der Waals surface area contributed by atoms with Crippen LogP contribution in [0.2, 0.25) is 0 Å². The number of imidazole rings is 1. The van der Waals surface area contributed by atoms with Crippen molar-refractivity contribution in [1.82, 2.24) is 9.55 Å². The van der Waals surface area contributed by atoms with Gasteiger partial charge in [-0.1, -0.05) is 30.0 Å². The third kappa shape index (κ3) is 5.25. The molecule has 1 aromatic heterocycles. The number of benzene rings is 2. The monoisotopic (exact) mass is 573 g/mol. The fourth-order valence-corrected chi connectivity index (χ4v) is 6.04. The lowest BCUT2D eigenvalue weighted by molar-refractivity contribution is -0.149. The topological polar surface area (TPSA) is 50.8 Å². The molecule has 1 atom stereocenters. The maximum atomic E-state index is 15.9. The zero-order valence-electron chi connectivity index (χ0n) is 20.9. The van der Waals surface area contributed by atoms with E-state index in [1.807, 2.05) is 42.0 Å². The molecule has 10 heteroatoms. The number of nitrogens with zero attached hydrogens (tertiary/aromatic N) is 3. The highest BCUT2D eigenvalue weighted by Crippen LogP contribution is 2.47. The quantitative estimate of drug-likeness (QED) is 0.230. The number of halogens is 5. The minimum Gasteiger partial charge on any atom is -0.381 e. The molecule has 4 nitrogen and oxygen atoms in total. The Kier molecular flexibility index (Phi) is 7.40. The van der Waals surface area contributed by atoms with Crippen LogP contribution in [0, 0.1) is 24.1 Å². The first kappa shape index (κ1) is 27.5. The van der Waals surface area contributed by atoms with Gasteiger partial charge in [-0.25, -0.2) is 9.37 Å². The minimum absolute atomic E-state index is 0.176. The van der Waals surface area contributed by atoms with Gasteiger partial charge in [0, 0.05) is 46.6 Å². The first-order chi connectivity index (χ1) is 18.6. The molecule has 1 aliphatic heterocycles. The Morgan fingerprint density at radius 2 is 1.87 bits per heavy atom. The van der Waals surface area contributed by atoms with Crippen LogP contribution in [0.3, 0.4) is 0 Å². The van der Waals surface area contributed by atoms with Gasteiger partial charge in [-0.05, 0) is 73.7 Å². The molecule has 1 saturated heterocycles. The summed E-state index contributed by atoms with van der Waals surface area (Å²) in [4.78, 5) is 3.01. The average molecular weight is 574 g/mol. The van der Waals surface area contributed by atoms with Crippen molar-refractivity contribution >= 4 is 28.9 Å². The van der Waals surface area contributed by atoms with E-state index in [0.717, 1.165) is 22.5 Å². The molecule has 0 spiro atoms. The van der Waals surface area contributed by atoms with Crippen LogP contribution in [-0.2, 0) is 10.2 Å². The molecular weight excluding hydrogens is 550 g/mol. The Labute approximate surface area is 232 Å². The summed E-state index contributed by atoms with van der Waals surface area (Å²) in [6.45, 7) is 2.67. The van der Waals surface area contributed by atoms with E-state index in [0.29, 0.717) is 42.1 Å². The van der Waals surface area contributed by atoms with Crippen LogP contribution in [0.15, 0.2) is 76.8 Å². The maximum Gasteiger partial charge on any atom is 0.411 e. The Morgan fingerprint density at radius 3 is 2.44 bits per heavy atom. The summed E-state index contributed by atoms with van der Waals surface area (Å²) in [5, 5.41) is 10.1. The van der Waals surface area contributed by atoms with Gasteiger partial charge >= 0.3 is 6.18 Å². The number of nitriles is 1. The number of hydrogen-bond acceptors (Lipinski definition) is 4. The molecule has 2 heterocycles. The average Bonchev–Trinajstić information content (AvgIpc) is 3.35. The van der Waals surface area contributed by atoms with Crippen LogP contribution in [-0.4, -0.2) is 33.8 Å². The van der Waals surface area contributed by atoms with Crippen molar-refractivity contribution in [2.24, 2.45) is 0 Å². The number of allylic oxidation sites excluding steroid dienone is 4. The fraction of sp³-hybridized carbons (Fsp3) is 0.310. The number of aromatic nitrogens is 2. The van der Waals surface area contributed by atoms with E-state index < -0.39 is 28.7 Å². The first-order valence-corrected chi connectivity index (χ1v) is 13.5. The van der Waals surface area contributed by atoms with Crippen LogP contribution in [0.25, 0.3) is 11.3 Å². The first-order valence-electron chi connectivity index (χ1n) is 12.3. The van der Waals surface area contributed by atoms with Crippen molar-refractivity contribution in [2.75, 3.05) is 13.2 Å². The lowest BCUT2D eigenvalue weighted by Gasteiger charge is -2.32. The molecule has 3 aromatic rings. The summed E-state index contributed by atoms with van der Waals surface area (Å²) in [7, 11) is 0. The molecule has 0 saturated carbocycles. The number of rotatable bonds is 5. The highest BCUT2D eigenvalue weighted by molar-refractivity contribution is 7.99. The third-order valence-corrected chi connectivity index (χ3v) is 8.79. The fourth-order valence-electron chi connectivity index (χ4n) is 4.87. The van der Waals surface area contributed by atoms with Crippen molar-refractivity contribution in [2.45, 2.75) is 52.4 Å². The number of alkyl halides is 4. The molecular formula is C29H24ClF4N3OS. The van der Waals surface area contributed by atoms with Crippen molar-refractivity contribution < 1.29 is 22.3 Å². The van der Waals surface area contributed by atoms with E-state index >= 15 is 4.39 Å². The largest absolute Gasteiger partial charge is 0.411 e. The summed E-state index contributed by atoms with van der Waals surface area (Å²) < 4.78 is 63.6. The highest BCUT2D eigenvalue weighted by atomic mass is 35.5. The number of aryl methyl sites for hydroxylation is 1. The predicted molar refractivity (Wildman–Crippen MR) is 143 cm³/mol. The number of ether oxygens (including phenoxy) is 1. The van der Waals surface area contributed by atoms with Gasteiger partial charge in [-0.3, -0.25) is 0 Å². The highest BCUT2D eigenvalue weighted by Gasteiger charge is 2.52. The molecule has 1 unspecified atom stereocenters. The molecule has 2 aromatic carbocycles. The van der Waals surface area contributed by atoms with Gasteiger partial charge in [0.1, 0.15) is 11.6 Å². The summed E-state index contributed by atoms with van der Waals surface area (Å²) in [6, 6.07) is 13.1. The van der Waals surface area contributed by atoms with Gasteiger partial charge in [0.25, 0.3) is 0 Å². The van der Waals surface area contributed by atoms with Crippen LogP contribution in [0.5, 0.6) is 0 Å². The van der Waals surface area contributed by atoms with E-state index in [-0.39, 0.29) is 5.56 Å². The minimum atomic E-state index is -4.65. The molecule has 2 aliphatic rings. The summed E-state index contributed by atoms with van der Waals surface area (Å²) >= 11 is 7.13. The lowest BCUT2D eigenvalue weighted by atomic mass is 9.75. The smallest absolute Gasteiger partial charge is 0.381 e. The van der Waals surface area contributed by atoms with Crippen molar-refractivity contribution in [3.8, 4) is 11.8 Å². The molecule has 39 heavy (non-hydrogen) atoms. The van der Waals surface area contributed by atoms with Crippen LogP contribution in [0.4, 0.5) is 17.6 Å². The molecule has 5 rings (SSSR count). The van der Waals surface area contributed by atoms with Gasteiger partial charge < -0.3 is 9.30 Å². The maximum absolute atomic E-state index is 15.9. The van der Waals surface area contributed by atoms with E-state index in [1.54, 1.807) is 12.3 Å². The summed E-state index contributed by atoms with van der Waals surface area (Å²) in [6.07, 6.45) is 2.67. The summed E-state index contributed by atoms with van der Waals surface area (Å²) in [5.74, 6) is 0.225. The van der Waals surface area contributed by atoms with Gasteiger partial charge in [0.2, 0.25) is 0 Å². The van der Waals surface area contributed by atoms with Gasteiger partial charge in [0.15, 0.2) is 4.87 Å². The van der Waals surface area contributed by atoms with Crippen molar-refractivity contribution in [1.29, 1.82) is 5.26 Å². The zero-order chi connectivity index (χ0) is 27.8. The SMILES string of the molecule is Cc1nccn1-c1ccc(Sc2cc(C3(C#N)CCOCC3)cc(F)c2C2=CCC(Cl)(C(F)(F)F)C=C2)cc1. The molecule has 1 fully saturated rings. The van der Waals surface area contributed by atoms with Crippen LogP contribution in [0.1, 0.15) is 36.2 Å². The number of hydrogen-bond donors (Lipinski definition) is 0. The second-order valence-electron chi connectivity index (χ2n) is 9.64. The van der Waals surface area contributed by atoms with Crippen molar-refractivity contribution in [3.63, 3.8) is 0 Å². The Bertz CT molecular complexity index is 1480. The predicted octanol–water partition coefficient (Wildman–Crippen LogP) is 7.93. The van der Waals surface area contributed by atoms with E-state index in [9.17, 15) is 18.4 Å². The van der Waals surface area contributed by atoms with Crippen LogP contribution < -0.4 is 0 Å². The standard InChI is InChI=1S/C29H24ClF4N3OS/c1-19-36-12-13-37(19)22-2-4-23(5-3-22)39-25-17-21(27(18-35)10-14-38-15-11-27)16-24(31)26(25)20-6-8-28(30,9-7-20)29(32,33)34/h2-8,12-13,16-17H,9-11,14-15H2,1H3. The van der Waals surface area contributed by atoms with Gasteiger partial charge in [-0.2, -0.15) is 18.4 Å². The molecule has 0 N–H and O–H groups in total. The second kappa shape index (κ2) is 10.5.